The molecule has 0 aliphatic carbocycles. The molecule has 29 heavy (non-hydrogen) atoms. The number of ether oxygens (including phenoxy) is 1. The molecular formula is C22H26Cl2N2O3. The van der Waals surface area contributed by atoms with Gasteiger partial charge in [0.05, 0.1) is 5.02 Å². The molecule has 1 aliphatic heterocycles. The van der Waals surface area contributed by atoms with Crippen molar-refractivity contribution in [2.24, 2.45) is 0 Å². The molecule has 0 bridgehead atoms. The standard InChI is InChI=1S/C20H20Cl2N2O3.C2H6/c1-13(27-18-9-6-15(21)11-17(18)22)20(26)23-12-14-4-7-16(8-5-14)24-10-2-3-19(24)25;1-2/h4-9,11,13H,2-3,10,12H2,1H3,(H,23,26);1-2H3. The molecule has 2 aromatic rings. The highest BCUT2D eigenvalue weighted by molar-refractivity contribution is 6.35. The summed E-state index contributed by atoms with van der Waals surface area (Å²) < 4.78 is 5.60. The van der Waals surface area contributed by atoms with E-state index in [1.165, 1.54) is 0 Å². The second-order valence-corrected chi connectivity index (χ2v) is 7.21. The monoisotopic (exact) mass is 436 g/mol. The lowest BCUT2D eigenvalue weighted by Crippen LogP contribution is -2.36. The van der Waals surface area contributed by atoms with Crippen molar-refractivity contribution in [3.05, 3.63) is 58.1 Å². The number of hydrogen-bond donors (Lipinski definition) is 1. The molecule has 1 aliphatic rings. The maximum absolute atomic E-state index is 12.3. The van der Waals surface area contributed by atoms with Crippen LogP contribution in [0.4, 0.5) is 5.69 Å². The number of halogens is 2. The molecule has 3 rings (SSSR count). The van der Waals surface area contributed by atoms with Crippen LogP contribution in [0.15, 0.2) is 42.5 Å². The van der Waals surface area contributed by atoms with Gasteiger partial charge in [-0.3, -0.25) is 9.59 Å². The van der Waals surface area contributed by atoms with Gasteiger partial charge in [0.2, 0.25) is 5.91 Å². The summed E-state index contributed by atoms with van der Waals surface area (Å²) in [5.41, 5.74) is 1.83. The van der Waals surface area contributed by atoms with Crippen LogP contribution in [-0.2, 0) is 16.1 Å². The van der Waals surface area contributed by atoms with Crippen molar-refractivity contribution in [3.63, 3.8) is 0 Å². The first-order valence-electron chi connectivity index (χ1n) is 9.73. The second-order valence-electron chi connectivity index (χ2n) is 6.37. The van der Waals surface area contributed by atoms with E-state index in [1.807, 2.05) is 38.1 Å². The van der Waals surface area contributed by atoms with Crippen LogP contribution in [0.25, 0.3) is 0 Å². The number of nitrogens with zero attached hydrogens (tertiary/aromatic N) is 1. The number of rotatable bonds is 6. The van der Waals surface area contributed by atoms with Crippen LogP contribution < -0.4 is 15.0 Å². The molecule has 2 aromatic carbocycles. The lowest BCUT2D eigenvalue weighted by Gasteiger charge is -2.17. The number of benzene rings is 2. The van der Waals surface area contributed by atoms with E-state index in [2.05, 4.69) is 5.32 Å². The van der Waals surface area contributed by atoms with Gasteiger partial charge in [-0.05, 0) is 49.2 Å². The van der Waals surface area contributed by atoms with Gasteiger partial charge in [0.1, 0.15) is 5.75 Å². The van der Waals surface area contributed by atoms with Crippen LogP contribution in [-0.4, -0.2) is 24.5 Å². The van der Waals surface area contributed by atoms with Crippen molar-refractivity contribution < 1.29 is 14.3 Å². The Labute approximate surface area is 181 Å². The first kappa shape index (κ1) is 23.0. The minimum atomic E-state index is -0.704. The normalized spacial score (nSPS) is 14.1. The second kappa shape index (κ2) is 11.1. The quantitative estimate of drug-likeness (QED) is 0.673. The highest BCUT2D eigenvalue weighted by Crippen LogP contribution is 2.28. The van der Waals surface area contributed by atoms with Crippen molar-refractivity contribution in [1.82, 2.24) is 5.32 Å². The predicted octanol–water partition coefficient (Wildman–Crippen LogP) is 5.23. The molecule has 0 spiro atoms. The molecule has 2 amide bonds. The van der Waals surface area contributed by atoms with E-state index in [9.17, 15) is 9.59 Å². The fraction of sp³-hybridized carbons (Fsp3) is 0.364. The summed E-state index contributed by atoms with van der Waals surface area (Å²) in [7, 11) is 0. The average Bonchev–Trinajstić information content (AvgIpc) is 3.16. The van der Waals surface area contributed by atoms with Crippen molar-refractivity contribution >= 4 is 40.7 Å². The topological polar surface area (TPSA) is 58.6 Å². The molecule has 7 heteroatoms. The highest BCUT2D eigenvalue weighted by Gasteiger charge is 2.21. The molecule has 0 saturated carbocycles. The fourth-order valence-electron chi connectivity index (χ4n) is 2.86. The van der Waals surface area contributed by atoms with Gasteiger partial charge in [0.15, 0.2) is 6.10 Å². The van der Waals surface area contributed by atoms with Gasteiger partial charge in [0.25, 0.3) is 5.91 Å². The third kappa shape index (κ3) is 6.38. The molecule has 156 valence electrons. The first-order valence-corrected chi connectivity index (χ1v) is 10.5. The van der Waals surface area contributed by atoms with Gasteiger partial charge < -0.3 is 15.0 Å². The van der Waals surface area contributed by atoms with Crippen molar-refractivity contribution in [1.29, 1.82) is 0 Å². The van der Waals surface area contributed by atoms with Gasteiger partial charge in [-0.15, -0.1) is 0 Å². The number of anilines is 1. The molecule has 1 heterocycles. The number of amides is 2. The Morgan fingerprint density at radius 3 is 2.45 bits per heavy atom. The summed E-state index contributed by atoms with van der Waals surface area (Å²) in [6, 6.07) is 12.5. The number of carbonyl (C=O) groups excluding carboxylic acids is 2. The molecule has 0 aromatic heterocycles. The molecule has 0 radical (unpaired) electrons. The third-order valence-corrected chi connectivity index (χ3v) is 4.89. The van der Waals surface area contributed by atoms with Crippen LogP contribution in [0.3, 0.4) is 0 Å². The predicted molar refractivity (Wildman–Crippen MR) is 118 cm³/mol. The van der Waals surface area contributed by atoms with E-state index in [1.54, 1.807) is 30.0 Å². The lowest BCUT2D eigenvalue weighted by atomic mass is 10.2. The van der Waals surface area contributed by atoms with Gasteiger partial charge in [-0.1, -0.05) is 49.2 Å². The third-order valence-electron chi connectivity index (χ3n) is 4.36. The Balaban J connectivity index is 0.00000145. The molecule has 5 nitrogen and oxygen atoms in total. The Hall–Kier alpha value is -2.24. The maximum Gasteiger partial charge on any atom is 0.261 e. The molecule has 1 N–H and O–H groups in total. The Morgan fingerprint density at radius 2 is 1.86 bits per heavy atom. The van der Waals surface area contributed by atoms with Gasteiger partial charge in [-0.25, -0.2) is 0 Å². The Kier molecular flexibility index (Phi) is 8.80. The van der Waals surface area contributed by atoms with Gasteiger partial charge in [-0.2, -0.15) is 0 Å². The fourth-order valence-corrected chi connectivity index (χ4v) is 3.32. The molecule has 1 atom stereocenters. The SMILES string of the molecule is CC.CC(Oc1ccc(Cl)cc1Cl)C(=O)NCc1ccc(N2CCCC2=O)cc1. The average molecular weight is 437 g/mol. The number of hydrogen-bond acceptors (Lipinski definition) is 3. The first-order chi connectivity index (χ1) is 13.9. The van der Waals surface area contributed by atoms with Gasteiger partial charge in [0, 0.05) is 30.2 Å². The number of carbonyl (C=O) groups is 2. The summed E-state index contributed by atoms with van der Waals surface area (Å²) in [4.78, 5) is 25.8. The lowest BCUT2D eigenvalue weighted by molar-refractivity contribution is -0.127. The zero-order chi connectivity index (χ0) is 21.4. The van der Waals surface area contributed by atoms with E-state index in [0.29, 0.717) is 28.8 Å². The van der Waals surface area contributed by atoms with Crippen LogP contribution >= 0.6 is 23.2 Å². The molecular weight excluding hydrogens is 411 g/mol. The summed E-state index contributed by atoms with van der Waals surface area (Å²) >= 11 is 11.9. The van der Waals surface area contributed by atoms with E-state index in [0.717, 1.165) is 24.2 Å². The largest absolute Gasteiger partial charge is 0.479 e. The van der Waals surface area contributed by atoms with Crippen molar-refractivity contribution in [2.45, 2.75) is 46.3 Å². The molecule has 1 fully saturated rings. The van der Waals surface area contributed by atoms with E-state index in [4.69, 9.17) is 27.9 Å². The maximum atomic E-state index is 12.3. The van der Waals surface area contributed by atoms with Crippen molar-refractivity contribution in [3.8, 4) is 5.75 Å². The summed E-state index contributed by atoms with van der Waals surface area (Å²) in [6.07, 6.45) is 0.796. The van der Waals surface area contributed by atoms with Crippen LogP contribution in [0, 0.1) is 0 Å². The van der Waals surface area contributed by atoms with Crippen LogP contribution in [0.1, 0.15) is 39.2 Å². The minimum Gasteiger partial charge on any atom is -0.479 e. The Bertz CT molecular complexity index is 840. The van der Waals surface area contributed by atoms with E-state index >= 15 is 0 Å². The minimum absolute atomic E-state index is 0.155. The summed E-state index contributed by atoms with van der Waals surface area (Å²) in [6.45, 7) is 6.79. The number of nitrogens with one attached hydrogen (secondary N) is 1. The van der Waals surface area contributed by atoms with E-state index < -0.39 is 6.10 Å². The van der Waals surface area contributed by atoms with E-state index in [-0.39, 0.29) is 11.8 Å². The molecule has 1 saturated heterocycles. The van der Waals surface area contributed by atoms with Crippen LogP contribution in [0.5, 0.6) is 5.75 Å². The smallest absolute Gasteiger partial charge is 0.261 e. The Morgan fingerprint density at radius 1 is 1.17 bits per heavy atom. The van der Waals surface area contributed by atoms with Gasteiger partial charge >= 0.3 is 0 Å². The summed E-state index contributed by atoms with van der Waals surface area (Å²) in [5.74, 6) is 0.311. The van der Waals surface area contributed by atoms with Crippen molar-refractivity contribution in [2.75, 3.05) is 11.4 Å². The summed E-state index contributed by atoms with van der Waals surface area (Å²) in [5, 5.41) is 3.69. The highest BCUT2D eigenvalue weighted by atomic mass is 35.5. The zero-order valence-electron chi connectivity index (χ0n) is 16.9. The zero-order valence-corrected chi connectivity index (χ0v) is 18.4. The molecule has 1 unspecified atom stereocenters. The van der Waals surface area contributed by atoms with Crippen LogP contribution in [0.2, 0.25) is 10.0 Å².